The van der Waals surface area contributed by atoms with Crippen molar-refractivity contribution in [1.82, 2.24) is 5.16 Å². The number of benzene rings is 1. The van der Waals surface area contributed by atoms with Gasteiger partial charge in [-0.05, 0) is 50.5 Å². The van der Waals surface area contributed by atoms with E-state index < -0.39 is 6.04 Å². The monoisotopic (exact) mass is 342 g/mol. The van der Waals surface area contributed by atoms with E-state index in [1.54, 1.807) is 13.0 Å². The molecule has 7 heteroatoms. The van der Waals surface area contributed by atoms with Gasteiger partial charge in [-0.25, -0.2) is 0 Å². The molecule has 1 atom stereocenters. The van der Waals surface area contributed by atoms with Gasteiger partial charge in [0.2, 0.25) is 11.8 Å². The van der Waals surface area contributed by atoms with E-state index in [0.29, 0.717) is 18.0 Å². The van der Waals surface area contributed by atoms with Crippen molar-refractivity contribution >= 4 is 29.0 Å². The van der Waals surface area contributed by atoms with Gasteiger partial charge in [0, 0.05) is 23.4 Å². The Kier molecular flexibility index (Phi) is 5.02. The second-order valence-electron chi connectivity index (χ2n) is 6.26. The van der Waals surface area contributed by atoms with Crippen molar-refractivity contribution in [1.29, 1.82) is 0 Å². The van der Waals surface area contributed by atoms with Crippen LogP contribution in [0.2, 0.25) is 0 Å². The van der Waals surface area contributed by atoms with Crippen molar-refractivity contribution in [3.63, 3.8) is 0 Å². The summed E-state index contributed by atoms with van der Waals surface area (Å²) in [7, 11) is 0. The van der Waals surface area contributed by atoms with Crippen LogP contribution < -0.4 is 16.0 Å². The van der Waals surface area contributed by atoms with Gasteiger partial charge in [0.25, 0.3) is 0 Å². The molecule has 2 aromatic rings. The van der Waals surface area contributed by atoms with Crippen molar-refractivity contribution < 1.29 is 14.1 Å². The van der Waals surface area contributed by atoms with E-state index >= 15 is 0 Å². The molecule has 2 amide bonds. The molecule has 0 aliphatic heterocycles. The van der Waals surface area contributed by atoms with Crippen LogP contribution in [0, 0.1) is 12.8 Å². The van der Waals surface area contributed by atoms with E-state index in [4.69, 9.17) is 4.52 Å². The number of carbonyl (C=O) groups excluding carboxylic acids is 2. The number of carbonyl (C=O) groups is 2. The molecule has 0 radical (unpaired) electrons. The van der Waals surface area contributed by atoms with E-state index in [1.807, 2.05) is 31.2 Å². The number of hydrogen-bond acceptors (Lipinski definition) is 5. The lowest BCUT2D eigenvalue weighted by atomic mass is 10.2. The van der Waals surface area contributed by atoms with Gasteiger partial charge in [-0.2, -0.15) is 0 Å². The molecular weight excluding hydrogens is 320 g/mol. The molecule has 1 aliphatic carbocycles. The molecule has 1 unspecified atom stereocenters. The molecule has 1 heterocycles. The van der Waals surface area contributed by atoms with Crippen molar-refractivity contribution in [3.8, 4) is 0 Å². The molecule has 132 valence electrons. The highest BCUT2D eigenvalue weighted by molar-refractivity contribution is 5.96. The first-order valence-corrected chi connectivity index (χ1v) is 8.47. The van der Waals surface area contributed by atoms with Crippen LogP contribution in [0.15, 0.2) is 34.9 Å². The summed E-state index contributed by atoms with van der Waals surface area (Å²) in [4.78, 5) is 24.1. The number of nitrogens with one attached hydrogen (secondary N) is 3. The predicted octanol–water partition coefficient (Wildman–Crippen LogP) is 3.16. The van der Waals surface area contributed by atoms with Crippen LogP contribution in [0.4, 0.5) is 17.2 Å². The number of rotatable bonds is 7. The number of hydrogen-bond donors (Lipinski definition) is 3. The molecule has 3 rings (SSSR count). The second-order valence-corrected chi connectivity index (χ2v) is 6.26. The van der Waals surface area contributed by atoms with Crippen LogP contribution in [-0.4, -0.2) is 23.0 Å². The molecule has 0 bridgehead atoms. The molecule has 1 aliphatic rings. The summed E-state index contributed by atoms with van der Waals surface area (Å²) in [6.07, 6.45) is 2.57. The summed E-state index contributed by atoms with van der Waals surface area (Å²) in [5.74, 6) is 1.11. The van der Waals surface area contributed by atoms with Gasteiger partial charge in [0.15, 0.2) is 5.82 Å². The third-order valence-corrected chi connectivity index (χ3v) is 4.05. The quantitative estimate of drug-likeness (QED) is 0.718. The zero-order valence-corrected chi connectivity index (χ0v) is 14.3. The van der Waals surface area contributed by atoms with Crippen molar-refractivity contribution in [2.75, 3.05) is 16.0 Å². The van der Waals surface area contributed by atoms with Gasteiger partial charge < -0.3 is 20.5 Å². The van der Waals surface area contributed by atoms with Gasteiger partial charge in [-0.1, -0.05) is 12.1 Å². The smallest absolute Gasteiger partial charge is 0.248 e. The average Bonchev–Trinajstić information content (AvgIpc) is 3.37. The maximum Gasteiger partial charge on any atom is 0.248 e. The van der Waals surface area contributed by atoms with Gasteiger partial charge in [0.05, 0.1) is 0 Å². The van der Waals surface area contributed by atoms with E-state index in [-0.39, 0.29) is 17.7 Å². The fraction of sp³-hybridized carbons (Fsp3) is 0.389. The topological polar surface area (TPSA) is 96.3 Å². The van der Waals surface area contributed by atoms with E-state index in [2.05, 4.69) is 21.1 Å². The molecule has 0 saturated heterocycles. The lowest BCUT2D eigenvalue weighted by Gasteiger charge is -2.17. The molecule has 25 heavy (non-hydrogen) atoms. The second kappa shape index (κ2) is 7.38. The first-order valence-electron chi connectivity index (χ1n) is 8.47. The summed E-state index contributed by atoms with van der Waals surface area (Å²) in [6.45, 7) is 3.69. The zero-order valence-electron chi connectivity index (χ0n) is 14.3. The molecular formula is C18H22N4O3. The first kappa shape index (κ1) is 17.0. The lowest BCUT2D eigenvalue weighted by Crippen LogP contribution is -2.34. The number of aromatic nitrogens is 1. The molecule has 3 N–H and O–H groups in total. The van der Waals surface area contributed by atoms with E-state index in [9.17, 15) is 9.59 Å². The fourth-order valence-electron chi connectivity index (χ4n) is 2.43. The largest absolute Gasteiger partial charge is 0.374 e. The summed E-state index contributed by atoms with van der Waals surface area (Å²) >= 11 is 0. The van der Waals surface area contributed by atoms with Crippen LogP contribution in [0.5, 0.6) is 0 Å². The third kappa shape index (κ3) is 4.59. The number of aryl methyl sites for hydroxylation is 1. The minimum absolute atomic E-state index is 0.0782. The Morgan fingerprint density at radius 1 is 1.20 bits per heavy atom. The molecule has 0 spiro atoms. The Morgan fingerprint density at radius 2 is 1.88 bits per heavy atom. The average molecular weight is 342 g/mol. The third-order valence-electron chi connectivity index (χ3n) is 4.05. The standard InChI is InChI=1S/C18H22N4O3/c1-3-15(18(24)21-16-10-11(2)25-22-16)19-13-6-8-14(9-7-13)20-17(23)12-4-5-12/h6-10,12,15,19H,3-5H2,1-2H3,(H,20,23)(H,21,22,24). The number of nitrogens with zero attached hydrogens (tertiary/aromatic N) is 1. The molecule has 1 aromatic carbocycles. The Bertz CT molecular complexity index is 750. The zero-order chi connectivity index (χ0) is 17.8. The Balaban J connectivity index is 1.56. The van der Waals surface area contributed by atoms with Crippen molar-refractivity contribution in [2.24, 2.45) is 5.92 Å². The summed E-state index contributed by atoms with van der Waals surface area (Å²) in [5, 5.41) is 12.6. The Morgan fingerprint density at radius 3 is 2.44 bits per heavy atom. The van der Waals surface area contributed by atoms with Crippen LogP contribution in [0.3, 0.4) is 0 Å². The van der Waals surface area contributed by atoms with Gasteiger partial charge in [-0.15, -0.1) is 0 Å². The van der Waals surface area contributed by atoms with Gasteiger partial charge in [0.1, 0.15) is 11.8 Å². The maximum atomic E-state index is 12.3. The van der Waals surface area contributed by atoms with Gasteiger partial charge >= 0.3 is 0 Å². The molecule has 7 nitrogen and oxygen atoms in total. The first-order chi connectivity index (χ1) is 12.0. The van der Waals surface area contributed by atoms with Crippen LogP contribution in [0.1, 0.15) is 31.9 Å². The highest BCUT2D eigenvalue weighted by Gasteiger charge is 2.29. The normalized spacial score (nSPS) is 14.6. The van der Waals surface area contributed by atoms with Crippen LogP contribution in [-0.2, 0) is 9.59 Å². The molecule has 1 saturated carbocycles. The van der Waals surface area contributed by atoms with Crippen LogP contribution in [0.25, 0.3) is 0 Å². The fourth-order valence-corrected chi connectivity index (χ4v) is 2.43. The minimum Gasteiger partial charge on any atom is -0.374 e. The highest BCUT2D eigenvalue weighted by Crippen LogP contribution is 2.30. The number of amides is 2. The molecule has 1 aromatic heterocycles. The summed E-state index contributed by atoms with van der Waals surface area (Å²) in [5.41, 5.74) is 1.57. The highest BCUT2D eigenvalue weighted by atomic mass is 16.5. The Labute approximate surface area is 146 Å². The van der Waals surface area contributed by atoms with Crippen molar-refractivity contribution in [2.45, 2.75) is 39.2 Å². The lowest BCUT2D eigenvalue weighted by molar-refractivity contribution is -0.117. The SMILES string of the molecule is CCC(Nc1ccc(NC(=O)C2CC2)cc1)C(=O)Nc1cc(C)on1. The summed E-state index contributed by atoms with van der Waals surface area (Å²) < 4.78 is 4.94. The van der Waals surface area contributed by atoms with E-state index in [0.717, 1.165) is 24.2 Å². The van der Waals surface area contributed by atoms with Crippen molar-refractivity contribution in [3.05, 3.63) is 36.1 Å². The summed E-state index contributed by atoms with van der Waals surface area (Å²) in [6, 6.07) is 8.62. The minimum atomic E-state index is -0.399. The Hall–Kier alpha value is -2.83. The van der Waals surface area contributed by atoms with E-state index in [1.165, 1.54) is 0 Å². The molecule has 1 fully saturated rings. The van der Waals surface area contributed by atoms with Crippen LogP contribution >= 0.6 is 0 Å². The number of anilines is 3. The predicted molar refractivity (Wildman–Crippen MR) is 95.4 cm³/mol. The maximum absolute atomic E-state index is 12.3. The van der Waals surface area contributed by atoms with Gasteiger partial charge in [-0.3, -0.25) is 9.59 Å².